The number of aryl methyl sites for hydroxylation is 3. The lowest BCUT2D eigenvalue weighted by molar-refractivity contribution is -0.119. The number of alkyl carbamates (subject to hydrolysis) is 1. The predicted octanol–water partition coefficient (Wildman–Crippen LogP) is 6.46. The summed E-state index contributed by atoms with van der Waals surface area (Å²) >= 11 is 0. The fourth-order valence-corrected chi connectivity index (χ4v) is 5.77. The van der Waals surface area contributed by atoms with Crippen molar-refractivity contribution in [3.05, 3.63) is 83.2 Å². The van der Waals surface area contributed by atoms with E-state index >= 15 is 0 Å². The largest absolute Gasteiger partial charge is 0.444 e. The van der Waals surface area contributed by atoms with Gasteiger partial charge in [0.2, 0.25) is 5.91 Å². The molecule has 0 unspecified atom stereocenters. The highest BCUT2D eigenvalue weighted by atomic mass is 16.6. The molecule has 8 nitrogen and oxygen atoms in total. The number of carbonyl (C=O) groups excluding carboxylic acids is 2. The van der Waals surface area contributed by atoms with Gasteiger partial charge in [-0.25, -0.2) is 4.79 Å². The van der Waals surface area contributed by atoms with Crippen molar-refractivity contribution in [1.82, 2.24) is 15.6 Å². The van der Waals surface area contributed by atoms with Crippen molar-refractivity contribution in [3.63, 3.8) is 0 Å². The van der Waals surface area contributed by atoms with Crippen molar-refractivity contribution in [2.45, 2.75) is 91.5 Å². The lowest BCUT2D eigenvalue weighted by Gasteiger charge is -2.33. The van der Waals surface area contributed by atoms with Gasteiger partial charge in [0.05, 0.1) is 6.04 Å². The molecule has 44 heavy (non-hydrogen) atoms. The van der Waals surface area contributed by atoms with E-state index in [2.05, 4.69) is 33.1 Å². The number of nitrogens with zero attached hydrogens (tertiary/aromatic N) is 1. The molecule has 0 saturated heterocycles. The monoisotopic (exact) mass is 600 g/mol. The highest BCUT2D eigenvalue weighted by molar-refractivity contribution is 5.95. The number of hydrogen-bond acceptors (Lipinski definition) is 6. The fraction of sp³-hybridized carbons (Fsp3) is 0.472. The van der Waals surface area contributed by atoms with Crippen molar-refractivity contribution >= 4 is 17.7 Å². The fourth-order valence-electron chi connectivity index (χ4n) is 5.77. The summed E-state index contributed by atoms with van der Waals surface area (Å²) in [6.07, 6.45) is 6.18. The number of nitrogens with one attached hydrogen (secondary N) is 3. The number of aromatic nitrogens is 1. The van der Waals surface area contributed by atoms with Crippen LogP contribution in [-0.4, -0.2) is 46.5 Å². The number of amides is 2. The van der Waals surface area contributed by atoms with Gasteiger partial charge in [-0.2, -0.15) is 0 Å². The summed E-state index contributed by atoms with van der Waals surface area (Å²) < 4.78 is 5.36. The molecule has 1 saturated carbocycles. The number of rotatable bonds is 10. The Hall–Kier alpha value is -3.75. The van der Waals surface area contributed by atoms with Gasteiger partial charge >= 0.3 is 6.09 Å². The lowest BCUT2D eigenvalue weighted by atomic mass is 9.81. The molecule has 4 rings (SSSR count). The molecule has 1 aliphatic carbocycles. The van der Waals surface area contributed by atoms with Crippen molar-refractivity contribution in [3.8, 4) is 11.1 Å². The first-order chi connectivity index (χ1) is 20.9. The number of carbonyl (C=O) groups is 2. The maximum atomic E-state index is 13.7. The first-order valence-corrected chi connectivity index (χ1v) is 15.7. The van der Waals surface area contributed by atoms with Crippen LogP contribution in [0.1, 0.15) is 68.7 Å². The molecule has 8 heteroatoms. The van der Waals surface area contributed by atoms with Crippen LogP contribution in [0.2, 0.25) is 0 Å². The van der Waals surface area contributed by atoms with Gasteiger partial charge in [0, 0.05) is 24.6 Å². The summed E-state index contributed by atoms with van der Waals surface area (Å²) in [6.45, 7) is 12.2. The number of ether oxygens (including phenoxy) is 1. The summed E-state index contributed by atoms with van der Waals surface area (Å²) in [6, 6.07) is 15.4. The van der Waals surface area contributed by atoms with Gasteiger partial charge in [-0.15, -0.1) is 0 Å². The minimum Gasteiger partial charge on any atom is -0.444 e. The topological polar surface area (TPSA) is 113 Å². The second-order valence-electron chi connectivity index (χ2n) is 13.2. The van der Waals surface area contributed by atoms with E-state index < -0.39 is 24.0 Å². The van der Waals surface area contributed by atoms with Crippen LogP contribution >= 0.6 is 0 Å². The van der Waals surface area contributed by atoms with Crippen LogP contribution in [0.15, 0.2) is 60.9 Å². The number of hydrogen-bond donors (Lipinski definition) is 4. The van der Waals surface area contributed by atoms with Gasteiger partial charge in [0.1, 0.15) is 11.8 Å². The molecular formula is C36H48N4O4. The van der Waals surface area contributed by atoms with Crippen molar-refractivity contribution < 1.29 is 19.4 Å². The SMILES string of the molecule is Cc1ccc(NC(=O)[C@H](Cc2cccc(-c3ccncc3C)c2)N[C@H](O)C2CCC(CNC(=O)OC(C)(C)C)CC2)cc1C. The number of aliphatic hydroxyl groups is 1. The molecule has 2 atom stereocenters. The van der Waals surface area contributed by atoms with E-state index in [9.17, 15) is 14.7 Å². The van der Waals surface area contributed by atoms with Gasteiger partial charge < -0.3 is 20.5 Å². The lowest BCUT2D eigenvalue weighted by Crippen LogP contribution is -2.50. The summed E-state index contributed by atoms with van der Waals surface area (Å²) in [5.41, 5.74) is 6.71. The van der Waals surface area contributed by atoms with Gasteiger partial charge in [-0.3, -0.25) is 15.1 Å². The molecule has 0 bridgehead atoms. The zero-order valence-corrected chi connectivity index (χ0v) is 26.9. The second-order valence-corrected chi connectivity index (χ2v) is 13.2. The first kappa shape index (κ1) is 33.1. The average Bonchev–Trinajstić information content (AvgIpc) is 2.97. The Kier molecular flexibility index (Phi) is 11.2. The number of benzene rings is 2. The Labute approximate surface area is 262 Å². The highest BCUT2D eigenvalue weighted by Crippen LogP contribution is 2.31. The van der Waals surface area contributed by atoms with E-state index in [-0.39, 0.29) is 11.8 Å². The molecule has 1 aliphatic rings. The smallest absolute Gasteiger partial charge is 0.407 e. The normalized spacial score (nSPS) is 18.2. The summed E-state index contributed by atoms with van der Waals surface area (Å²) in [4.78, 5) is 30.0. The van der Waals surface area contributed by atoms with Crippen molar-refractivity contribution in [2.75, 3.05) is 11.9 Å². The molecule has 4 N–H and O–H groups in total. The Balaban J connectivity index is 1.43. The van der Waals surface area contributed by atoms with E-state index in [1.165, 1.54) is 0 Å². The average molecular weight is 601 g/mol. The highest BCUT2D eigenvalue weighted by Gasteiger charge is 2.30. The van der Waals surface area contributed by atoms with Crippen LogP contribution in [-0.2, 0) is 16.0 Å². The van der Waals surface area contributed by atoms with Crippen molar-refractivity contribution in [2.24, 2.45) is 11.8 Å². The van der Waals surface area contributed by atoms with Crippen LogP contribution in [0.3, 0.4) is 0 Å². The third-order valence-corrected chi connectivity index (χ3v) is 8.43. The third-order valence-electron chi connectivity index (χ3n) is 8.43. The van der Waals surface area contributed by atoms with E-state index in [4.69, 9.17) is 4.74 Å². The molecule has 0 radical (unpaired) electrons. The number of aliphatic hydroxyl groups excluding tert-OH is 1. The Morgan fingerprint density at radius 2 is 1.73 bits per heavy atom. The van der Waals surface area contributed by atoms with E-state index in [0.29, 0.717) is 18.9 Å². The summed E-state index contributed by atoms with van der Waals surface area (Å²) in [5, 5.41) is 20.6. The number of pyridine rings is 1. The quantitative estimate of drug-likeness (QED) is 0.199. The van der Waals surface area contributed by atoms with Gasteiger partial charge in [-0.05, 0) is 137 Å². The molecule has 0 spiro atoms. The zero-order chi connectivity index (χ0) is 31.9. The van der Waals surface area contributed by atoms with Gasteiger partial charge in [-0.1, -0.05) is 30.3 Å². The van der Waals surface area contributed by atoms with E-state index in [0.717, 1.165) is 64.8 Å². The Bertz CT molecular complexity index is 1430. The molecule has 1 fully saturated rings. The molecule has 2 amide bonds. The minimum absolute atomic E-state index is 0.00972. The van der Waals surface area contributed by atoms with Crippen LogP contribution in [0, 0.1) is 32.6 Å². The zero-order valence-electron chi connectivity index (χ0n) is 26.9. The second kappa shape index (κ2) is 14.8. The van der Waals surface area contributed by atoms with Crippen LogP contribution in [0.5, 0.6) is 0 Å². The predicted molar refractivity (Wildman–Crippen MR) is 175 cm³/mol. The van der Waals surface area contributed by atoms with Crippen LogP contribution in [0.25, 0.3) is 11.1 Å². The maximum absolute atomic E-state index is 13.7. The Morgan fingerprint density at radius 1 is 0.977 bits per heavy atom. The molecule has 0 aliphatic heterocycles. The third kappa shape index (κ3) is 9.63. The van der Waals surface area contributed by atoms with E-state index in [1.807, 2.05) is 84.1 Å². The van der Waals surface area contributed by atoms with Crippen LogP contribution in [0.4, 0.5) is 10.5 Å². The van der Waals surface area contributed by atoms with E-state index in [1.54, 1.807) is 6.20 Å². The molecule has 1 heterocycles. The summed E-state index contributed by atoms with van der Waals surface area (Å²) in [7, 11) is 0. The van der Waals surface area contributed by atoms with Gasteiger partial charge in [0.15, 0.2) is 0 Å². The van der Waals surface area contributed by atoms with Crippen LogP contribution < -0.4 is 16.0 Å². The molecular weight excluding hydrogens is 552 g/mol. The standard InChI is InChI=1S/C36H48N4O4/c1-23-10-15-30(18-24(23)2)39-34(42)32(20-27-8-7-9-29(19-27)31-16-17-37-21-25(31)3)40-33(41)28-13-11-26(12-14-28)22-38-35(43)44-36(4,5)6/h7-10,15-19,21,26,28,32-33,40-41H,11-14,20,22H2,1-6H3,(H,38,43)(H,39,42)/t26?,28?,32-,33+/m0/s1. The van der Waals surface area contributed by atoms with Crippen molar-refractivity contribution in [1.29, 1.82) is 0 Å². The summed E-state index contributed by atoms with van der Waals surface area (Å²) in [5.74, 6) is 0.151. The molecule has 2 aromatic carbocycles. The maximum Gasteiger partial charge on any atom is 0.407 e. The first-order valence-electron chi connectivity index (χ1n) is 15.7. The minimum atomic E-state index is -0.837. The molecule has 236 valence electrons. The number of anilines is 1. The molecule has 1 aromatic heterocycles. The Morgan fingerprint density at radius 3 is 2.41 bits per heavy atom. The molecule has 3 aromatic rings. The van der Waals surface area contributed by atoms with Gasteiger partial charge in [0.25, 0.3) is 0 Å².